The molecule has 1 heterocycles. The van der Waals surface area contributed by atoms with Crippen molar-refractivity contribution < 1.29 is 4.42 Å². The molecule has 2 aromatic carbocycles. The number of aromatic nitrogens is 1. The Morgan fingerprint density at radius 2 is 2.06 bits per heavy atom. The second-order valence-electron chi connectivity index (χ2n) is 3.87. The van der Waals surface area contributed by atoms with E-state index in [1.165, 1.54) is 0 Å². The molecule has 0 atom stereocenters. The first-order chi connectivity index (χ1) is 8.63. The molecule has 3 nitrogen and oxygen atoms in total. The number of hydrogen-bond donors (Lipinski definition) is 1. The molecule has 0 aliphatic carbocycles. The molecule has 0 saturated carbocycles. The van der Waals surface area contributed by atoms with Gasteiger partial charge in [0.25, 0.3) is 0 Å². The van der Waals surface area contributed by atoms with Crippen molar-refractivity contribution in [2.24, 2.45) is 0 Å². The van der Waals surface area contributed by atoms with Crippen LogP contribution >= 0.6 is 27.5 Å². The van der Waals surface area contributed by atoms with Crippen molar-refractivity contribution in [3.8, 4) is 11.5 Å². The van der Waals surface area contributed by atoms with Crippen molar-refractivity contribution in [2.45, 2.75) is 0 Å². The maximum absolute atomic E-state index is 6.01. The molecule has 90 valence electrons. The normalized spacial score (nSPS) is 11.0. The number of benzene rings is 2. The fraction of sp³-hybridized carbons (Fsp3) is 0. The van der Waals surface area contributed by atoms with Gasteiger partial charge in [-0.2, -0.15) is 0 Å². The molecule has 3 aromatic rings. The number of nitrogen functional groups attached to an aromatic ring is 1. The van der Waals surface area contributed by atoms with Crippen LogP contribution in [-0.4, -0.2) is 4.98 Å². The molecule has 1 aromatic heterocycles. The van der Waals surface area contributed by atoms with E-state index in [2.05, 4.69) is 20.9 Å². The summed E-state index contributed by atoms with van der Waals surface area (Å²) in [6.45, 7) is 0. The molecule has 2 N–H and O–H groups in total. The maximum atomic E-state index is 6.01. The van der Waals surface area contributed by atoms with Crippen molar-refractivity contribution in [3.63, 3.8) is 0 Å². The first-order valence-corrected chi connectivity index (χ1v) is 6.42. The number of para-hydroxylation sites is 1. The van der Waals surface area contributed by atoms with Crippen LogP contribution in [0.15, 0.2) is 45.3 Å². The molecule has 0 unspecified atom stereocenters. The average Bonchev–Trinajstić information content (AvgIpc) is 2.73. The van der Waals surface area contributed by atoms with E-state index in [1.807, 2.05) is 24.3 Å². The highest BCUT2D eigenvalue weighted by atomic mass is 79.9. The summed E-state index contributed by atoms with van der Waals surface area (Å²) >= 11 is 9.40. The summed E-state index contributed by atoms with van der Waals surface area (Å²) in [4.78, 5) is 4.39. The van der Waals surface area contributed by atoms with Crippen LogP contribution in [0.4, 0.5) is 5.69 Å². The molecular formula is C13H8BrClN2O. The monoisotopic (exact) mass is 322 g/mol. The van der Waals surface area contributed by atoms with Gasteiger partial charge in [0.15, 0.2) is 5.58 Å². The van der Waals surface area contributed by atoms with Crippen molar-refractivity contribution >= 4 is 44.3 Å². The molecule has 0 bridgehead atoms. The highest BCUT2D eigenvalue weighted by Crippen LogP contribution is 2.30. The smallest absolute Gasteiger partial charge is 0.227 e. The van der Waals surface area contributed by atoms with Crippen molar-refractivity contribution in [2.75, 3.05) is 5.73 Å². The van der Waals surface area contributed by atoms with Gasteiger partial charge in [0.2, 0.25) is 5.89 Å². The lowest BCUT2D eigenvalue weighted by atomic mass is 10.2. The number of nitrogens with zero attached hydrogens (tertiary/aromatic N) is 1. The Labute approximate surface area is 117 Å². The van der Waals surface area contributed by atoms with Gasteiger partial charge in [0, 0.05) is 15.1 Å². The molecule has 0 spiro atoms. The molecule has 5 heteroatoms. The predicted molar refractivity (Wildman–Crippen MR) is 76.6 cm³/mol. The zero-order valence-electron chi connectivity index (χ0n) is 9.15. The Bertz CT molecular complexity index is 719. The summed E-state index contributed by atoms with van der Waals surface area (Å²) in [5.41, 5.74) is 8.60. The first kappa shape index (κ1) is 11.6. The van der Waals surface area contributed by atoms with Crippen LogP contribution in [0.1, 0.15) is 0 Å². The van der Waals surface area contributed by atoms with E-state index in [-0.39, 0.29) is 0 Å². The number of oxazole rings is 1. The number of hydrogen-bond acceptors (Lipinski definition) is 3. The van der Waals surface area contributed by atoms with Crippen LogP contribution in [-0.2, 0) is 0 Å². The third-order valence-corrected chi connectivity index (χ3v) is 3.24. The summed E-state index contributed by atoms with van der Waals surface area (Å²) < 4.78 is 6.55. The van der Waals surface area contributed by atoms with Crippen molar-refractivity contribution in [1.82, 2.24) is 4.98 Å². The fourth-order valence-corrected chi connectivity index (χ4v) is 2.63. The van der Waals surface area contributed by atoms with Crippen LogP contribution in [0.3, 0.4) is 0 Å². The van der Waals surface area contributed by atoms with Gasteiger partial charge in [-0.3, -0.25) is 0 Å². The van der Waals surface area contributed by atoms with Gasteiger partial charge in [-0.1, -0.05) is 33.6 Å². The Morgan fingerprint density at radius 3 is 2.78 bits per heavy atom. The van der Waals surface area contributed by atoms with E-state index >= 15 is 0 Å². The van der Waals surface area contributed by atoms with E-state index in [9.17, 15) is 0 Å². The van der Waals surface area contributed by atoms with Gasteiger partial charge in [-0.25, -0.2) is 4.98 Å². The third kappa shape index (κ3) is 1.98. The lowest BCUT2D eigenvalue weighted by molar-refractivity contribution is 0.620. The number of nitrogens with two attached hydrogens (primary N) is 1. The van der Waals surface area contributed by atoms with Crippen LogP contribution in [0.25, 0.3) is 22.6 Å². The first-order valence-electron chi connectivity index (χ1n) is 5.25. The quantitative estimate of drug-likeness (QED) is 0.671. The van der Waals surface area contributed by atoms with Gasteiger partial charge in [-0.05, 0) is 30.3 Å². The van der Waals surface area contributed by atoms with E-state index in [0.717, 1.165) is 10.0 Å². The second-order valence-corrected chi connectivity index (χ2v) is 5.22. The summed E-state index contributed by atoms with van der Waals surface area (Å²) in [7, 11) is 0. The largest absolute Gasteiger partial charge is 0.436 e. The van der Waals surface area contributed by atoms with Crippen LogP contribution in [0.2, 0.25) is 5.02 Å². The van der Waals surface area contributed by atoms with Gasteiger partial charge >= 0.3 is 0 Å². The molecule has 3 rings (SSSR count). The molecule has 0 aliphatic rings. The van der Waals surface area contributed by atoms with Crippen LogP contribution < -0.4 is 5.73 Å². The van der Waals surface area contributed by atoms with Crippen LogP contribution in [0, 0.1) is 0 Å². The lowest BCUT2D eigenvalue weighted by Crippen LogP contribution is -1.85. The van der Waals surface area contributed by atoms with Gasteiger partial charge in [0.1, 0.15) is 5.52 Å². The van der Waals surface area contributed by atoms with E-state index in [1.54, 1.807) is 12.1 Å². The SMILES string of the molecule is Nc1cccc2oc(-c3cc(Cl)cc(Br)c3)nc12. The third-order valence-electron chi connectivity index (χ3n) is 2.56. The Kier molecular flexibility index (Phi) is 2.76. The second kappa shape index (κ2) is 4.30. The molecular weight excluding hydrogens is 316 g/mol. The minimum atomic E-state index is 0.506. The molecule has 18 heavy (non-hydrogen) atoms. The number of anilines is 1. The van der Waals surface area contributed by atoms with E-state index in [4.69, 9.17) is 21.8 Å². The van der Waals surface area contributed by atoms with Gasteiger partial charge < -0.3 is 10.2 Å². The highest BCUT2D eigenvalue weighted by Gasteiger charge is 2.11. The number of rotatable bonds is 1. The summed E-state index contributed by atoms with van der Waals surface area (Å²) in [5.74, 6) is 0.506. The predicted octanol–water partition coefficient (Wildman–Crippen LogP) is 4.49. The Hall–Kier alpha value is -1.52. The molecule has 0 fully saturated rings. The zero-order chi connectivity index (χ0) is 12.7. The molecule has 0 amide bonds. The van der Waals surface area contributed by atoms with E-state index < -0.39 is 0 Å². The molecule has 0 aliphatic heterocycles. The summed E-state index contributed by atoms with van der Waals surface area (Å²) in [6, 6.07) is 11.0. The minimum absolute atomic E-state index is 0.506. The van der Waals surface area contributed by atoms with E-state index in [0.29, 0.717) is 27.7 Å². The highest BCUT2D eigenvalue weighted by molar-refractivity contribution is 9.10. The Morgan fingerprint density at radius 1 is 1.22 bits per heavy atom. The summed E-state index contributed by atoms with van der Waals surface area (Å²) in [5, 5.41) is 0.620. The molecule has 0 radical (unpaired) electrons. The standard InChI is InChI=1S/C13H8BrClN2O/c14-8-4-7(5-9(15)6-8)13-17-12-10(16)2-1-3-11(12)18-13/h1-6H,16H2. The fourth-order valence-electron chi connectivity index (χ4n) is 1.77. The number of halogens is 2. The zero-order valence-corrected chi connectivity index (χ0v) is 11.5. The average molecular weight is 324 g/mol. The maximum Gasteiger partial charge on any atom is 0.227 e. The molecule has 0 saturated heterocycles. The lowest BCUT2D eigenvalue weighted by Gasteiger charge is -1.97. The van der Waals surface area contributed by atoms with Gasteiger partial charge in [-0.15, -0.1) is 0 Å². The van der Waals surface area contributed by atoms with Crippen molar-refractivity contribution in [3.05, 3.63) is 45.9 Å². The number of fused-ring (bicyclic) bond motifs is 1. The minimum Gasteiger partial charge on any atom is -0.436 e. The van der Waals surface area contributed by atoms with Crippen molar-refractivity contribution in [1.29, 1.82) is 0 Å². The Balaban J connectivity index is 2.22. The topological polar surface area (TPSA) is 52.0 Å². The van der Waals surface area contributed by atoms with Gasteiger partial charge in [0.05, 0.1) is 5.69 Å². The van der Waals surface area contributed by atoms with Crippen LogP contribution in [0.5, 0.6) is 0 Å². The summed E-state index contributed by atoms with van der Waals surface area (Å²) in [6.07, 6.45) is 0.